The number of benzene rings is 2. The van der Waals surface area contributed by atoms with Crippen molar-refractivity contribution in [1.29, 1.82) is 0 Å². The van der Waals surface area contributed by atoms with Crippen molar-refractivity contribution in [2.75, 3.05) is 7.11 Å². The van der Waals surface area contributed by atoms with Crippen molar-refractivity contribution in [2.24, 2.45) is 0 Å². The number of methoxy groups -OCH3 is 1. The van der Waals surface area contributed by atoms with E-state index in [1.807, 2.05) is 0 Å². The molecule has 0 fully saturated rings. The number of hydrogen-bond acceptors (Lipinski definition) is 2. The van der Waals surface area contributed by atoms with E-state index < -0.39 is 5.82 Å². The zero-order valence-corrected chi connectivity index (χ0v) is 12.4. The van der Waals surface area contributed by atoms with Gasteiger partial charge >= 0.3 is 0 Å². The third kappa shape index (κ3) is 2.72. The van der Waals surface area contributed by atoms with Crippen molar-refractivity contribution < 1.29 is 18.3 Å². The number of ether oxygens (including phenoxy) is 1. The predicted molar refractivity (Wildman–Crippen MR) is 75.2 cm³/mol. The summed E-state index contributed by atoms with van der Waals surface area (Å²) in [5, 5.41) is 0. The van der Waals surface area contributed by atoms with Crippen LogP contribution in [-0.4, -0.2) is 12.9 Å². The molecule has 0 amide bonds. The molecule has 0 saturated carbocycles. The summed E-state index contributed by atoms with van der Waals surface area (Å²) in [7, 11) is 1.36. The molecule has 0 spiro atoms. The van der Waals surface area contributed by atoms with Gasteiger partial charge in [0.25, 0.3) is 0 Å². The van der Waals surface area contributed by atoms with Crippen LogP contribution in [0.3, 0.4) is 0 Å². The van der Waals surface area contributed by atoms with E-state index in [-0.39, 0.29) is 27.4 Å². The van der Waals surface area contributed by atoms with Crippen molar-refractivity contribution >= 4 is 21.7 Å². The SMILES string of the molecule is COc1cc(F)c(Br)cc1C(=O)c1ccc(F)c(C)c1. The van der Waals surface area contributed by atoms with Crippen LogP contribution in [0.2, 0.25) is 0 Å². The van der Waals surface area contributed by atoms with Gasteiger partial charge in [0, 0.05) is 11.6 Å². The first-order valence-electron chi connectivity index (χ1n) is 5.78. The standard InChI is InChI=1S/C15H11BrF2O2/c1-8-5-9(3-4-12(8)17)15(19)10-6-11(16)13(18)7-14(10)20-2/h3-7H,1-2H3. The Balaban J connectivity index is 2.52. The molecular formula is C15H11BrF2O2. The molecule has 0 aromatic heterocycles. The lowest BCUT2D eigenvalue weighted by molar-refractivity contribution is 0.103. The number of aryl methyl sites for hydroxylation is 1. The number of carbonyl (C=O) groups is 1. The largest absolute Gasteiger partial charge is 0.496 e. The molecule has 0 bridgehead atoms. The van der Waals surface area contributed by atoms with Gasteiger partial charge in [-0.25, -0.2) is 8.78 Å². The number of rotatable bonds is 3. The molecule has 0 atom stereocenters. The zero-order chi connectivity index (χ0) is 14.9. The van der Waals surface area contributed by atoms with Crippen molar-refractivity contribution in [1.82, 2.24) is 0 Å². The van der Waals surface area contributed by atoms with E-state index in [0.29, 0.717) is 11.1 Å². The Hall–Kier alpha value is -1.75. The first-order chi connectivity index (χ1) is 9.43. The highest BCUT2D eigenvalue weighted by Crippen LogP contribution is 2.28. The molecule has 2 aromatic rings. The Kier molecular flexibility index (Phi) is 4.18. The van der Waals surface area contributed by atoms with Gasteiger partial charge < -0.3 is 4.74 Å². The van der Waals surface area contributed by atoms with Gasteiger partial charge in [0.15, 0.2) is 5.78 Å². The summed E-state index contributed by atoms with van der Waals surface area (Å²) in [6, 6.07) is 6.56. The number of halogens is 3. The van der Waals surface area contributed by atoms with Crippen LogP contribution in [0.1, 0.15) is 21.5 Å². The highest BCUT2D eigenvalue weighted by Gasteiger charge is 2.18. The molecule has 104 valence electrons. The van der Waals surface area contributed by atoms with E-state index >= 15 is 0 Å². The highest BCUT2D eigenvalue weighted by molar-refractivity contribution is 9.10. The number of hydrogen-bond donors (Lipinski definition) is 0. The first-order valence-corrected chi connectivity index (χ1v) is 6.57. The van der Waals surface area contributed by atoms with Crippen LogP contribution in [0, 0.1) is 18.6 Å². The summed E-state index contributed by atoms with van der Waals surface area (Å²) in [5.74, 6) is -1.12. The normalized spacial score (nSPS) is 10.4. The molecule has 0 saturated heterocycles. The topological polar surface area (TPSA) is 26.3 Å². The van der Waals surface area contributed by atoms with Gasteiger partial charge in [-0.3, -0.25) is 4.79 Å². The minimum atomic E-state index is -0.520. The van der Waals surface area contributed by atoms with Gasteiger partial charge in [-0.05, 0) is 52.7 Å². The summed E-state index contributed by atoms with van der Waals surface area (Å²) < 4.78 is 31.9. The van der Waals surface area contributed by atoms with Gasteiger partial charge in [0.2, 0.25) is 0 Å². The Morgan fingerprint density at radius 1 is 1.15 bits per heavy atom. The molecule has 0 heterocycles. The maximum absolute atomic E-state index is 13.4. The summed E-state index contributed by atoms with van der Waals surface area (Å²) >= 11 is 3.03. The van der Waals surface area contributed by atoms with E-state index in [4.69, 9.17) is 4.74 Å². The molecule has 5 heteroatoms. The van der Waals surface area contributed by atoms with Crippen LogP contribution in [0.15, 0.2) is 34.8 Å². The van der Waals surface area contributed by atoms with Gasteiger partial charge in [0.05, 0.1) is 17.1 Å². The van der Waals surface area contributed by atoms with Crippen molar-refractivity contribution in [3.05, 3.63) is 63.1 Å². The van der Waals surface area contributed by atoms with E-state index in [1.54, 1.807) is 6.92 Å². The first kappa shape index (κ1) is 14.7. The van der Waals surface area contributed by atoms with Gasteiger partial charge in [-0.1, -0.05) is 0 Å². The third-order valence-electron chi connectivity index (χ3n) is 2.91. The van der Waals surface area contributed by atoms with Gasteiger partial charge in [-0.2, -0.15) is 0 Å². The summed E-state index contributed by atoms with van der Waals surface area (Å²) in [5.41, 5.74) is 0.906. The highest BCUT2D eigenvalue weighted by atomic mass is 79.9. The molecule has 0 radical (unpaired) electrons. The second-order valence-electron chi connectivity index (χ2n) is 4.26. The average molecular weight is 341 g/mol. The molecule has 0 aliphatic heterocycles. The van der Waals surface area contributed by atoms with E-state index in [0.717, 1.165) is 6.07 Å². The van der Waals surface area contributed by atoms with E-state index in [1.165, 1.54) is 31.4 Å². The van der Waals surface area contributed by atoms with Crippen LogP contribution in [-0.2, 0) is 0 Å². The number of carbonyl (C=O) groups excluding carboxylic acids is 1. The monoisotopic (exact) mass is 340 g/mol. The van der Waals surface area contributed by atoms with Crippen molar-refractivity contribution in [2.45, 2.75) is 6.92 Å². The fraction of sp³-hybridized carbons (Fsp3) is 0.133. The minimum absolute atomic E-state index is 0.137. The third-order valence-corrected chi connectivity index (χ3v) is 3.51. The second kappa shape index (κ2) is 5.71. The minimum Gasteiger partial charge on any atom is -0.496 e. The Morgan fingerprint density at radius 2 is 1.85 bits per heavy atom. The molecule has 2 rings (SSSR count). The Bertz CT molecular complexity index is 684. The maximum atomic E-state index is 13.4. The molecule has 0 N–H and O–H groups in total. The molecule has 0 unspecified atom stereocenters. The van der Waals surface area contributed by atoms with Gasteiger partial charge in [-0.15, -0.1) is 0 Å². The van der Waals surface area contributed by atoms with Crippen molar-refractivity contribution in [3.63, 3.8) is 0 Å². The predicted octanol–water partition coefficient (Wildman–Crippen LogP) is 4.28. The molecule has 0 aliphatic rings. The summed E-state index contributed by atoms with van der Waals surface area (Å²) in [4.78, 5) is 12.4. The molecule has 20 heavy (non-hydrogen) atoms. The lowest BCUT2D eigenvalue weighted by Gasteiger charge is -2.09. The fourth-order valence-electron chi connectivity index (χ4n) is 1.82. The van der Waals surface area contributed by atoms with Crippen LogP contribution < -0.4 is 4.74 Å². The fourth-order valence-corrected chi connectivity index (χ4v) is 2.16. The number of ketones is 1. The maximum Gasteiger partial charge on any atom is 0.196 e. The van der Waals surface area contributed by atoms with E-state index in [2.05, 4.69) is 15.9 Å². The Labute approximate surface area is 123 Å². The van der Waals surface area contributed by atoms with E-state index in [9.17, 15) is 13.6 Å². The summed E-state index contributed by atoms with van der Waals surface area (Å²) in [6.45, 7) is 1.57. The lowest BCUT2D eigenvalue weighted by Crippen LogP contribution is -2.05. The lowest BCUT2D eigenvalue weighted by atomic mass is 10.0. The van der Waals surface area contributed by atoms with Crippen LogP contribution >= 0.6 is 15.9 Å². The zero-order valence-electron chi connectivity index (χ0n) is 10.8. The molecule has 0 aliphatic carbocycles. The quantitative estimate of drug-likeness (QED) is 0.779. The Morgan fingerprint density at radius 3 is 2.45 bits per heavy atom. The van der Waals surface area contributed by atoms with Crippen LogP contribution in [0.5, 0.6) is 5.75 Å². The van der Waals surface area contributed by atoms with Crippen LogP contribution in [0.25, 0.3) is 0 Å². The summed E-state index contributed by atoms with van der Waals surface area (Å²) in [6.07, 6.45) is 0. The van der Waals surface area contributed by atoms with Crippen molar-refractivity contribution in [3.8, 4) is 5.75 Å². The van der Waals surface area contributed by atoms with Gasteiger partial charge in [0.1, 0.15) is 17.4 Å². The smallest absolute Gasteiger partial charge is 0.196 e. The molecular weight excluding hydrogens is 330 g/mol. The average Bonchev–Trinajstić information content (AvgIpc) is 2.43. The molecule has 2 aromatic carbocycles. The second-order valence-corrected chi connectivity index (χ2v) is 5.11. The molecule has 2 nitrogen and oxygen atoms in total. The van der Waals surface area contributed by atoms with Crippen LogP contribution in [0.4, 0.5) is 8.78 Å².